The van der Waals surface area contributed by atoms with E-state index in [-0.39, 0.29) is 0 Å². The fraction of sp³-hybridized carbons (Fsp3) is 0.400. The van der Waals surface area contributed by atoms with Crippen molar-refractivity contribution >= 4 is 0 Å². The zero-order valence-electron chi connectivity index (χ0n) is 7.69. The average Bonchev–Trinajstić information content (AvgIpc) is 2.18. The molecule has 0 aliphatic heterocycles. The Hall–Kier alpha value is -0.860. The van der Waals surface area contributed by atoms with Crippen LogP contribution in [0.3, 0.4) is 0 Å². The van der Waals surface area contributed by atoms with Gasteiger partial charge in [-0.1, -0.05) is 36.4 Å². The Morgan fingerprint density at radius 2 is 0.917 bits per heavy atom. The summed E-state index contributed by atoms with van der Waals surface area (Å²) < 4.78 is 0. The predicted octanol–water partition coefficient (Wildman–Crippen LogP) is 2.66. The highest BCUT2D eigenvalue weighted by Gasteiger charge is 1.71. The van der Waals surface area contributed by atoms with Gasteiger partial charge in [-0.2, -0.15) is 0 Å². The van der Waals surface area contributed by atoms with E-state index in [1.54, 1.807) is 0 Å². The smallest absolute Gasteiger partial charge is 0.0794 e. The van der Waals surface area contributed by atoms with E-state index in [4.69, 9.17) is 0 Å². The zero-order chi connectivity index (χ0) is 9.07. The molecule has 0 saturated heterocycles. The quantitative estimate of drug-likeness (QED) is 0.392. The second kappa shape index (κ2) is 10.1. The van der Waals surface area contributed by atoms with Crippen LogP contribution in [0.5, 0.6) is 0 Å². The molecule has 0 saturated carbocycles. The van der Waals surface area contributed by atoms with Crippen LogP contribution in [0.1, 0.15) is 13.8 Å². The van der Waals surface area contributed by atoms with Crippen LogP contribution < -0.4 is 0 Å². The summed E-state index contributed by atoms with van der Waals surface area (Å²) in [4.78, 5) is 8.97. The standard InChI is InChI=1S/C6H6.C4H10O2/c1-2-4-6-5-3-1;1-3-5-6-4-2/h1-6H;3-4H2,1-2H3. The molecule has 0 N–H and O–H groups in total. The van der Waals surface area contributed by atoms with Gasteiger partial charge >= 0.3 is 0 Å². The number of hydrogen-bond donors (Lipinski definition) is 0. The van der Waals surface area contributed by atoms with Gasteiger partial charge in [0.2, 0.25) is 0 Å². The van der Waals surface area contributed by atoms with Crippen molar-refractivity contribution in [2.75, 3.05) is 13.2 Å². The van der Waals surface area contributed by atoms with E-state index in [2.05, 4.69) is 9.78 Å². The molecule has 0 radical (unpaired) electrons. The lowest BCUT2D eigenvalue weighted by molar-refractivity contribution is -0.287. The molecule has 0 atom stereocenters. The third kappa shape index (κ3) is 9.14. The average molecular weight is 168 g/mol. The summed E-state index contributed by atoms with van der Waals surface area (Å²) in [7, 11) is 0. The molecule has 2 nitrogen and oxygen atoms in total. The highest BCUT2D eigenvalue weighted by atomic mass is 17.2. The summed E-state index contributed by atoms with van der Waals surface area (Å²) >= 11 is 0. The van der Waals surface area contributed by atoms with Crippen molar-refractivity contribution in [2.24, 2.45) is 0 Å². The lowest BCUT2D eigenvalue weighted by Gasteiger charge is -1.92. The monoisotopic (exact) mass is 168 g/mol. The summed E-state index contributed by atoms with van der Waals surface area (Å²) in [6, 6.07) is 12.0. The van der Waals surface area contributed by atoms with Crippen LogP contribution in [0, 0.1) is 0 Å². The predicted molar refractivity (Wildman–Crippen MR) is 49.7 cm³/mol. The van der Waals surface area contributed by atoms with Crippen LogP contribution >= 0.6 is 0 Å². The maximum atomic E-state index is 4.48. The first-order valence-corrected chi connectivity index (χ1v) is 4.16. The van der Waals surface area contributed by atoms with Crippen LogP contribution in [0.2, 0.25) is 0 Å². The van der Waals surface area contributed by atoms with Crippen molar-refractivity contribution in [3.63, 3.8) is 0 Å². The Balaban J connectivity index is 0.000000202. The molecule has 2 heteroatoms. The first kappa shape index (κ1) is 11.1. The summed E-state index contributed by atoms with van der Waals surface area (Å²) in [6.45, 7) is 5.03. The fourth-order valence-corrected chi connectivity index (χ4v) is 0.552. The van der Waals surface area contributed by atoms with Crippen molar-refractivity contribution in [1.82, 2.24) is 0 Å². The van der Waals surface area contributed by atoms with E-state index < -0.39 is 0 Å². The van der Waals surface area contributed by atoms with Crippen molar-refractivity contribution in [2.45, 2.75) is 13.8 Å². The largest absolute Gasteiger partial charge is 0.237 e. The van der Waals surface area contributed by atoms with Gasteiger partial charge < -0.3 is 0 Å². The Kier molecular flexibility index (Phi) is 9.41. The van der Waals surface area contributed by atoms with Crippen LogP contribution in [-0.4, -0.2) is 13.2 Å². The molecule has 1 rings (SSSR count). The van der Waals surface area contributed by atoms with Crippen LogP contribution in [0.15, 0.2) is 36.4 Å². The molecular weight excluding hydrogens is 152 g/mol. The van der Waals surface area contributed by atoms with Gasteiger partial charge in [-0.05, 0) is 13.8 Å². The lowest BCUT2D eigenvalue weighted by Crippen LogP contribution is -1.90. The van der Waals surface area contributed by atoms with E-state index in [1.807, 2.05) is 50.2 Å². The minimum Gasteiger partial charge on any atom is -0.237 e. The molecule has 0 aromatic heterocycles. The molecule has 0 aliphatic rings. The van der Waals surface area contributed by atoms with E-state index in [9.17, 15) is 0 Å². The third-order valence-corrected chi connectivity index (χ3v) is 0.986. The highest BCUT2D eigenvalue weighted by molar-refractivity contribution is 4.99. The number of hydrogen-bond acceptors (Lipinski definition) is 2. The zero-order valence-corrected chi connectivity index (χ0v) is 7.69. The van der Waals surface area contributed by atoms with Crippen LogP contribution in [0.25, 0.3) is 0 Å². The van der Waals surface area contributed by atoms with Gasteiger partial charge in [-0.25, -0.2) is 9.78 Å². The lowest BCUT2D eigenvalue weighted by atomic mass is 10.4. The summed E-state index contributed by atoms with van der Waals surface area (Å²) in [5.74, 6) is 0. The van der Waals surface area contributed by atoms with Gasteiger partial charge in [0.15, 0.2) is 0 Å². The highest BCUT2D eigenvalue weighted by Crippen LogP contribution is 1.79. The maximum absolute atomic E-state index is 4.48. The van der Waals surface area contributed by atoms with E-state index in [0.29, 0.717) is 13.2 Å². The topological polar surface area (TPSA) is 18.5 Å². The van der Waals surface area contributed by atoms with Crippen LogP contribution in [0.4, 0.5) is 0 Å². The molecule has 0 spiro atoms. The minimum atomic E-state index is 0.633. The van der Waals surface area contributed by atoms with Gasteiger partial charge in [0.25, 0.3) is 0 Å². The summed E-state index contributed by atoms with van der Waals surface area (Å²) in [6.07, 6.45) is 0. The third-order valence-electron chi connectivity index (χ3n) is 0.986. The van der Waals surface area contributed by atoms with E-state index in [0.717, 1.165) is 0 Å². The molecule has 0 fully saturated rings. The second-order valence-electron chi connectivity index (χ2n) is 1.97. The molecule has 1 aromatic carbocycles. The molecule has 0 bridgehead atoms. The molecule has 12 heavy (non-hydrogen) atoms. The first-order chi connectivity index (χ1) is 5.91. The van der Waals surface area contributed by atoms with E-state index >= 15 is 0 Å². The molecule has 0 aliphatic carbocycles. The summed E-state index contributed by atoms with van der Waals surface area (Å²) in [5.41, 5.74) is 0. The van der Waals surface area contributed by atoms with Gasteiger partial charge in [0.1, 0.15) is 0 Å². The minimum absolute atomic E-state index is 0.633. The molecule has 1 aromatic rings. The second-order valence-corrected chi connectivity index (χ2v) is 1.97. The molecule has 0 unspecified atom stereocenters. The van der Waals surface area contributed by atoms with Gasteiger partial charge in [0, 0.05) is 0 Å². The Morgan fingerprint density at radius 3 is 1.08 bits per heavy atom. The van der Waals surface area contributed by atoms with Crippen LogP contribution in [-0.2, 0) is 9.78 Å². The summed E-state index contributed by atoms with van der Waals surface area (Å²) in [5, 5.41) is 0. The first-order valence-electron chi connectivity index (χ1n) is 4.16. The molecule has 0 amide bonds. The SMILES string of the molecule is CCOOCC.c1ccccc1. The Labute approximate surface area is 74.1 Å². The van der Waals surface area contributed by atoms with Gasteiger partial charge in [-0.15, -0.1) is 0 Å². The van der Waals surface area contributed by atoms with E-state index in [1.165, 1.54) is 0 Å². The van der Waals surface area contributed by atoms with Crippen molar-refractivity contribution in [3.05, 3.63) is 36.4 Å². The number of benzene rings is 1. The maximum Gasteiger partial charge on any atom is 0.0794 e. The van der Waals surface area contributed by atoms with Gasteiger partial charge in [0.05, 0.1) is 13.2 Å². The van der Waals surface area contributed by atoms with Crippen molar-refractivity contribution in [3.8, 4) is 0 Å². The normalized spacial score (nSPS) is 8.50. The molecule has 0 heterocycles. The molecule has 68 valence electrons. The Bertz CT molecular complexity index is 120. The van der Waals surface area contributed by atoms with Gasteiger partial charge in [-0.3, -0.25) is 0 Å². The molecular formula is C10H16O2. The number of rotatable bonds is 3. The fourth-order valence-electron chi connectivity index (χ4n) is 0.552. The van der Waals surface area contributed by atoms with Crippen molar-refractivity contribution in [1.29, 1.82) is 0 Å². The van der Waals surface area contributed by atoms with Crippen molar-refractivity contribution < 1.29 is 9.78 Å². The Morgan fingerprint density at radius 1 is 0.667 bits per heavy atom.